The number of hydrogen-bond acceptors (Lipinski definition) is 3. The molecule has 2 nitrogen and oxygen atoms in total. The summed E-state index contributed by atoms with van der Waals surface area (Å²) >= 11 is 9.83. The number of rotatable bonds is 1. The molecule has 0 atom stereocenters. The molecule has 0 aliphatic carbocycles. The number of hydrogen-bond donors (Lipinski definition) is 0. The molecule has 0 amide bonds. The Morgan fingerprint density at radius 3 is 2.60 bits per heavy atom. The third-order valence-corrected chi connectivity index (χ3v) is 2.98. The van der Waals surface area contributed by atoms with E-state index in [4.69, 9.17) is 11.6 Å². The number of Topliss-reactive ketones (excluding diaryl/α,β-unsaturated/α-hetero) is 1. The van der Waals surface area contributed by atoms with Crippen molar-refractivity contribution in [3.8, 4) is 0 Å². The first-order valence-corrected chi connectivity index (χ1v) is 4.43. The van der Waals surface area contributed by atoms with Crippen LogP contribution in [-0.2, 0) is 0 Å². The van der Waals surface area contributed by atoms with Crippen molar-refractivity contribution in [1.29, 1.82) is 0 Å². The van der Waals surface area contributed by atoms with E-state index in [0.29, 0.717) is 13.9 Å². The largest absolute Gasteiger partial charge is 0.293 e. The van der Waals surface area contributed by atoms with Crippen molar-refractivity contribution in [3.63, 3.8) is 0 Å². The van der Waals surface area contributed by atoms with Crippen LogP contribution in [0.5, 0.6) is 0 Å². The zero-order chi connectivity index (χ0) is 7.72. The lowest BCUT2D eigenvalue weighted by Gasteiger charge is -1.83. The maximum absolute atomic E-state index is 10.8. The third-order valence-electron chi connectivity index (χ3n) is 0.879. The van der Waals surface area contributed by atoms with Gasteiger partial charge in [-0.3, -0.25) is 4.79 Å². The maximum Gasteiger partial charge on any atom is 0.185 e. The Balaban J connectivity index is 3.15. The van der Waals surface area contributed by atoms with Crippen LogP contribution in [0, 0.1) is 0 Å². The molecule has 0 unspecified atom stereocenters. The number of carbonyl (C=O) groups excluding carboxylic acids is 1. The van der Waals surface area contributed by atoms with Gasteiger partial charge in [0.1, 0.15) is 9.48 Å². The topological polar surface area (TPSA) is 30.0 Å². The van der Waals surface area contributed by atoms with Crippen molar-refractivity contribution in [2.24, 2.45) is 0 Å². The van der Waals surface area contributed by atoms with Crippen LogP contribution in [0.2, 0.25) is 4.47 Å². The molecule has 0 aromatic carbocycles. The minimum absolute atomic E-state index is 0.0173. The van der Waals surface area contributed by atoms with Gasteiger partial charge in [-0.25, -0.2) is 4.98 Å². The molecule has 0 aliphatic heterocycles. The first-order chi connectivity index (χ1) is 4.61. The Bertz CT molecular complexity index is 273. The second kappa shape index (κ2) is 2.98. The fourth-order valence-corrected chi connectivity index (χ4v) is 2.31. The molecule has 0 fully saturated rings. The minimum Gasteiger partial charge on any atom is -0.293 e. The van der Waals surface area contributed by atoms with Crippen LogP contribution >= 0.6 is 38.9 Å². The van der Waals surface area contributed by atoms with Gasteiger partial charge in [-0.2, -0.15) is 0 Å². The third kappa shape index (κ3) is 1.56. The molecule has 54 valence electrons. The van der Waals surface area contributed by atoms with Crippen molar-refractivity contribution < 1.29 is 4.79 Å². The molecular weight excluding hydrogens is 237 g/mol. The average Bonchev–Trinajstić information content (AvgIpc) is 2.10. The summed E-state index contributed by atoms with van der Waals surface area (Å²) in [4.78, 5) is 15.1. The lowest BCUT2D eigenvalue weighted by atomic mass is 10.4. The van der Waals surface area contributed by atoms with E-state index in [1.807, 2.05) is 0 Å². The first kappa shape index (κ1) is 8.17. The van der Waals surface area contributed by atoms with E-state index >= 15 is 0 Å². The van der Waals surface area contributed by atoms with Crippen LogP contribution in [-0.4, -0.2) is 10.8 Å². The predicted molar refractivity (Wildman–Crippen MR) is 44.8 cm³/mol. The second-order valence-electron chi connectivity index (χ2n) is 1.64. The molecule has 0 saturated carbocycles. The highest BCUT2D eigenvalue weighted by Crippen LogP contribution is 2.26. The minimum atomic E-state index is -0.0173. The molecule has 1 heterocycles. The van der Waals surface area contributed by atoms with Crippen LogP contribution in [0.3, 0.4) is 0 Å². The fraction of sp³-hybridized carbons (Fsp3) is 0.200. The van der Waals surface area contributed by atoms with E-state index in [9.17, 15) is 4.79 Å². The SMILES string of the molecule is CC(=O)c1sc(Cl)nc1Br. The fourth-order valence-electron chi connectivity index (χ4n) is 0.494. The molecule has 1 aromatic rings. The standard InChI is InChI=1S/C5H3BrClNOS/c1-2(9)3-4(6)8-5(7)10-3/h1H3. The Labute approximate surface area is 75.4 Å². The molecule has 10 heavy (non-hydrogen) atoms. The van der Waals surface area contributed by atoms with Crippen LogP contribution in [0.25, 0.3) is 0 Å². The van der Waals surface area contributed by atoms with Gasteiger partial charge < -0.3 is 0 Å². The van der Waals surface area contributed by atoms with Gasteiger partial charge in [-0.05, 0) is 15.9 Å². The molecule has 0 saturated heterocycles. The summed E-state index contributed by atoms with van der Waals surface area (Å²) in [5.74, 6) is -0.0173. The lowest BCUT2D eigenvalue weighted by molar-refractivity contribution is 0.102. The summed E-state index contributed by atoms with van der Waals surface area (Å²) in [6.45, 7) is 1.48. The van der Waals surface area contributed by atoms with Crippen LogP contribution in [0.15, 0.2) is 4.60 Å². The summed E-state index contributed by atoms with van der Waals surface area (Å²) < 4.78 is 0.923. The van der Waals surface area contributed by atoms with Crippen molar-refractivity contribution in [2.45, 2.75) is 6.92 Å². The summed E-state index contributed by atoms with van der Waals surface area (Å²) in [7, 11) is 0. The summed E-state index contributed by atoms with van der Waals surface area (Å²) in [5, 5.41) is 0. The monoisotopic (exact) mass is 239 g/mol. The van der Waals surface area contributed by atoms with Crippen LogP contribution in [0.1, 0.15) is 16.6 Å². The van der Waals surface area contributed by atoms with Gasteiger partial charge in [-0.15, -0.1) is 0 Å². The first-order valence-electron chi connectivity index (χ1n) is 2.44. The summed E-state index contributed by atoms with van der Waals surface area (Å²) in [5.41, 5.74) is 0. The van der Waals surface area contributed by atoms with Gasteiger partial charge in [0.05, 0.1) is 0 Å². The van der Waals surface area contributed by atoms with Crippen molar-refractivity contribution in [3.05, 3.63) is 13.9 Å². The van der Waals surface area contributed by atoms with Gasteiger partial charge in [0, 0.05) is 6.92 Å². The smallest absolute Gasteiger partial charge is 0.185 e. The van der Waals surface area contributed by atoms with Gasteiger partial charge in [0.25, 0.3) is 0 Å². The molecule has 0 N–H and O–H groups in total. The molecule has 0 spiro atoms. The van der Waals surface area contributed by atoms with Gasteiger partial charge >= 0.3 is 0 Å². The highest BCUT2D eigenvalue weighted by molar-refractivity contribution is 9.10. The Morgan fingerprint density at radius 1 is 1.80 bits per heavy atom. The van der Waals surface area contributed by atoms with Gasteiger partial charge in [0.15, 0.2) is 10.3 Å². The molecular formula is C5H3BrClNOS. The summed E-state index contributed by atoms with van der Waals surface area (Å²) in [6.07, 6.45) is 0. The quantitative estimate of drug-likeness (QED) is 0.707. The van der Waals surface area contributed by atoms with E-state index in [1.54, 1.807) is 0 Å². The molecule has 5 heteroatoms. The number of nitrogens with zero attached hydrogens (tertiary/aromatic N) is 1. The maximum atomic E-state index is 10.8. The number of aromatic nitrogens is 1. The zero-order valence-corrected chi connectivity index (χ0v) is 8.18. The van der Waals surface area contributed by atoms with Crippen LogP contribution in [0.4, 0.5) is 0 Å². The van der Waals surface area contributed by atoms with Gasteiger partial charge in [0.2, 0.25) is 0 Å². The number of carbonyl (C=O) groups is 1. The number of thiazole rings is 1. The van der Waals surface area contributed by atoms with Crippen LogP contribution < -0.4 is 0 Å². The van der Waals surface area contributed by atoms with E-state index in [1.165, 1.54) is 18.3 Å². The number of halogens is 2. The number of ketones is 1. The molecule has 0 radical (unpaired) electrons. The second-order valence-corrected chi connectivity index (χ2v) is 3.98. The lowest BCUT2D eigenvalue weighted by Crippen LogP contribution is -1.86. The summed E-state index contributed by atoms with van der Waals surface area (Å²) in [6, 6.07) is 0. The Kier molecular flexibility index (Phi) is 2.44. The molecule has 0 aliphatic rings. The van der Waals surface area contributed by atoms with E-state index < -0.39 is 0 Å². The van der Waals surface area contributed by atoms with E-state index in [-0.39, 0.29) is 5.78 Å². The van der Waals surface area contributed by atoms with Crippen molar-refractivity contribution in [1.82, 2.24) is 4.98 Å². The predicted octanol–water partition coefficient (Wildman–Crippen LogP) is 2.76. The van der Waals surface area contributed by atoms with Crippen molar-refractivity contribution >= 4 is 44.7 Å². The highest BCUT2D eigenvalue weighted by atomic mass is 79.9. The van der Waals surface area contributed by atoms with E-state index in [2.05, 4.69) is 20.9 Å². The van der Waals surface area contributed by atoms with E-state index in [0.717, 1.165) is 0 Å². The highest BCUT2D eigenvalue weighted by Gasteiger charge is 2.10. The average molecular weight is 241 g/mol. The molecule has 1 aromatic heterocycles. The molecule has 1 rings (SSSR count). The molecule has 0 bridgehead atoms. The normalized spacial score (nSPS) is 9.90. The van der Waals surface area contributed by atoms with Crippen molar-refractivity contribution in [2.75, 3.05) is 0 Å². The zero-order valence-electron chi connectivity index (χ0n) is 5.02. The Morgan fingerprint density at radius 2 is 2.40 bits per heavy atom. The van der Waals surface area contributed by atoms with Gasteiger partial charge in [-0.1, -0.05) is 22.9 Å². The Hall–Kier alpha value is 0.0700.